The molecule has 4 fully saturated rings. The molecule has 6 bridgehead atoms. The van der Waals surface area contributed by atoms with E-state index in [1.165, 1.54) is 14.2 Å². The summed E-state index contributed by atoms with van der Waals surface area (Å²) in [6.45, 7) is 7.15. The maximum atomic E-state index is 14.2. The number of para-hydroxylation sites is 1. The number of piperidine rings is 3. The number of carbonyl (C=O) groups is 2. The van der Waals surface area contributed by atoms with Gasteiger partial charge < -0.3 is 34.2 Å². The van der Waals surface area contributed by atoms with E-state index in [0.717, 1.165) is 96.1 Å². The van der Waals surface area contributed by atoms with Gasteiger partial charge in [-0.05, 0) is 86.1 Å². The van der Waals surface area contributed by atoms with Crippen molar-refractivity contribution in [1.82, 2.24) is 19.8 Å². The molecule has 0 amide bonds. The highest BCUT2D eigenvalue weighted by Gasteiger charge is 2.63. The van der Waals surface area contributed by atoms with Crippen LogP contribution in [0.3, 0.4) is 0 Å². The number of hydrogen-bond acceptors (Lipinski definition) is 8. The second-order valence-electron chi connectivity index (χ2n) is 16.9. The molecule has 10 atom stereocenters. The molecule has 3 saturated heterocycles. The predicted molar refractivity (Wildman–Crippen MR) is 203 cm³/mol. The number of carbonyl (C=O) groups excluding carboxylic acids is 2. The number of aliphatic hydroxyl groups is 1. The fourth-order valence-electron chi connectivity index (χ4n) is 12.5. The van der Waals surface area contributed by atoms with Gasteiger partial charge in [0.15, 0.2) is 0 Å². The Kier molecular flexibility index (Phi) is 8.29. The van der Waals surface area contributed by atoms with E-state index < -0.39 is 16.9 Å². The Balaban J connectivity index is 1.30. The molecule has 0 spiro atoms. The van der Waals surface area contributed by atoms with E-state index >= 15 is 0 Å². The molecule has 6 heterocycles. The zero-order chi connectivity index (χ0) is 37.0. The summed E-state index contributed by atoms with van der Waals surface area (Å²) in [6, 6.07) is 12.4. The molecular formula is C43H54N4O6. The molecule has 1 saturated carbocycles. The van der Waals surface area contributed by atoms with Crippen LogP contribution in [0.1, 0.15) is 74.0 Å². The van der Waals surface area contributed by atoms with Gasteiger partial charge in [0.05, 0.1) is 32.9 Å². The molecule has 10 rings (SSSR count). The van der Waals surface area contributed by atoms with Gasteiger partial charge in [-0.1, -0.05) is 44.9 Å². The number of likely N-dealkylation sites (N-methyl/N-ethyl adjacent to an activating group) is 1. The lowest BCUT2D eigenvalue weighted by Gasteiger charge is -2.57. The number of nitrogens with one attached hydrogen (secondary N) is 2. The van der Waals surface area contributed by atoms with E-state index in [2.05, 4.69) is 58.9 Å². The van der Waals surface area contributed by atoms with Crippen LogP contribution in [0.4, 0.5) is 0 Å². The average Bonchev–Trinajstić information content (AvgIpc) is 3.71. The smallest absolute Gasteiger partial charge is 0.319 e. The highest BCUT2D eigenvalue weighted by molar-refractivity contribution is 5.93. The van der Waals surface area contributed by atoms with E-state index in [0.29, 0.717) is 36.0 Å². The van der Waals surface area contributed by atoms with Crippen LogP contribution in [0.25, 0.3) is 21.8 Å². The number of ether oxygens (including phenoxy) is 3. The van der Waals surface area contributed by atoms with Crippen molar-refractivity contribution in [2.75, 3.05) is 48.0 Å². The lowest BCUT2D eigenvalue weighted by Crippen LogP contribution is -2.67. The Labute approximate surface area is 311 Å². The second kappa shape index (κ2) is 12.6. The van der Waals surface area contributed by atoms with Crippen molar-refractivity contribution in [3.63, 3.8) is 0 Å². The summed E-state index contributed by atoms with van der Waals surface area (Å²) in [5, 5.41) is 15.8. The lowest BCUT2D eigenvalue weighted by atomic mass is 9.56. The molecular weight excluding hydrogens is 668 g/mol. The number of fused-ring (bicyclic) bond motifs is 9. The van der Waals surface area contributed by atoms with Gasteiger partial charge in [0.2, 0.25) is 0 Å². The molecule has 10 heteroatoms. The Morgan fingerprint density at radius 1 is 0.925 bits per heavy atom. The molecule has 2 aromatic heterocycles. The standard InChI is InChI=1S/C43H54N4O6/c1-7-24-15-23-19-42(41(49)53-6)37-27(13-14-47(21-23)39(24)42)28-16-31(35(51-4)18-33(28)45-37)43(50)20-30-25(8-2)22-46(3)34(36(30)40(48)52-5)17-29-26-11-9-10-12-32(26)44-38(29)43/h9-12,16,18,23-25,30,34,36,39,44-45,50H,7-8,13-15,17,19-22H2,1-6H3. The minimum absolute atomic E-state index is 0.0722. The predicted octanol–water partition coefficient (Wildman–Crippen LogP) is 5.67. The molecule has 3 N–H and O–H groups in total. The van der Waals surface area contributed by atoms with E-state index in [9.17, 15) is 14.7 Å². The quantitative estimate of drug-likeness (QED) is 0.218. The molecule has 2 aliphatic carbocycles. The largest absolute Gasteiger partial charge is 0.496 e. The third kappa shape index (κ3) is 4.80. The third-order valence-electron chi connectivity index (χ3n) is 14.7. The Bertz CT molecular complexity index is 2100. The summed E-state index contributed by atoms with van der Waals surface area (Å²) in [7, 11) is 6.79. The molecule has 10 nitrogen and oxygen atoms in total. The maximum absolute atomic E-state index is 14.2. The van der Waals surface area contributed by atoms with Gasteiger partial charge in [-0.25, -0.2) is 0 Å². The first-order chi connectivity index (χ1) is 25.6. The topological polar surface area (TPSA) is 120 Å². The number of rotatable bonds is 6. The number of esters is 2. The molecule has 282 valence electrons. The number of H-pyrrole nitrogens is 2. The van der Waals surface area contributed by atoms with Crippen molar-refractivity contribution >= 4 is 33.7 Å². The first-order valence-electron chi connectivity index (χ1n) is 19.8. The first kappa shape index (κ1) is 34.9. The molecule has 6 aliphatic rings. The van der Waals surface area contributed by atoms with Crippen molar-refractivity contribution in [2.24, 2.45) is 29.6 Å². The maximum Gasteiger partial charge on any atom is 0.319 e. The zero-order valence-corrected chi connectivity index (χ0v) is 32.0. The fourth-order valence-corrected chi connectivity index (χ4v) is 12.5. The number of aromatic nitrogens is 2. The number of nitrogens with zero attached hydrogens (tertiary/aromatic N) is 2. The summed E-state index contributed by atoms with van der Waals surface area (Å²) in [6.07, 6.45) is 5.52. The van der Waals surface area contributed by atoms with Crippen LogP contribution in [-0.2, 0) is 42.9 Å². The average molecular weight is 723 g/mol. The molecule has 4 aromatic rings. The summed E-state index contributed by atoms with van der Waals surface area (Å²) in [4.78, 5) is 40.5. The Hall–Kier alpha value is -3.86. The molecule has 2 aromatic carbocycles. The Morgan fingerprint density at radius 3 is 2.43 bits per heavy atom. The molecule has 0 radical (unpaired) electrons. The highest BCUT2D eigenvalue weighted by atomic mass is 16.5. The van der Waals surface area contributed by atoms with E-state index in [1.54, 1.807) is 7.11 Å². The summed E-state index contributed by atoms with van der Waals surface area (Å²) < 4.78 is 17.5. The van der Waals surface area contributed by atoms with Crippen LogP contribution in [0.15, 0.2) is 36.4 Å². The number of benzene rings is 2. The van der Waals surface area contributed by atoms with Crippen LogP contribution >= 0.6 is 0 Å². The van der Waals surface area contributed by atoms with Gasteiger partial charge in [0.1, 0.15) is 16.8 Å². The van der Waals surface area contributed by atoms with Crippen LogP contribution < -0.4 is 4.74 Å². The number of likely N-dealkylation sites (tertiary alicyclic amines) is 1. The van der Waals surface area contributed by atoms with E-state index in [-0.39, 0.29) is 35.9 Å². The van der Waals surface area contributed by atoms with Crippen LogP contribution in [0.5, 0.6) is 5.75 Å². The van der Waals surface area contributed by atoms with Gasteiger partial charge in [-0.15, -0.1) is 0 Å². The molecule has 4 aliphatic heterocycles. The van der Waals surface area contributed by atoms with Crippen molar-refractivity contribution in [2.45, 2.75) is 81.9 Å². The fraction of sp³-hybridized carbons (Fsp3) is 0.581. The van der Waals surface area contributed by atoms with Gasteiger partial charge >= 0.3 is 11.9 Å². The van der Waals surface area contributed by atoms with Crippen LogP contribution in [-0.4, -0.2) is 96.9 Å². The third-order valence-corrected chi connectivity index (χ3v) is 14.7. The summed E-state index contributed by atoms with van der Waals surface area (Å²) in [5.74, 6) is 0.648. The Morgan fingerprint density at radius 2 is 1.70 bits per heavy atom. The van der Waals surface area contributed by atoms with Crippen LogP contribution in [0.2, 0.25) is 0 Å². The second-order valence-corrected chi connectivity index (χ2v) is 16.9. The van der Waals surface area contributed by atoms with Gasteiger partial charge in [-0.3, -0.25) is 14.5 Å². The number of methoxy groups -OCH3 is 3. The molecule has 53 heavy (non-hydrogen) atoms. The number of hydrogen-bond donors (Lipinski definition) is 3. The van der Waals surface area contributed by atoms with E-state index in [1.807, 2.05) is 18.2 Å². The molecule has 10 unspecified atom stereocenters. The van der Waals surface area contributed by atoms with Gasteiger partial charge in [0, 0.05) is 70.8 Å². The van der Waals surface area contributed by atoms with Crippen molar-refractivity contribution in [3.8, 4) is 5.75 Å². The minimum Gasteiger partial charge on any atom is -0.496 e. The zero-order valence-electron chi connectivity index (χ0n) is 32.0. The van der Waals surface area contributed by atoms with Gasteiger partial charge in [-0.2, -0.15) is 0 Å². The van der Waals surface area contributed by atoms with Crippen LogP contribution in [0, 0.1) is 29.6 Å². The summed E-state index contributed by atoms with van der Waals surface area (Å²) in [5.41, 5.74) is 4.08. The minimum atomic E-state index is -1.53. The van der Waals surface area contributed by atoms with Crippen molar-refractivity contribution in [1.29, 1.82) is 0 Å². The van der Waals surface area contributed by atoms with Crippen molar-refractivity contribution in [3.05, 3.63) is 64.5 Å². The normalized spacial score (nSPS) is 34.8. The number of aromatic amines is 2. The van der Waals surface area contributed by atoms with Gasteiger partial charge in [0.25, 0.3) is 0 Å². The monoisotopic (exact) mass is 722 g/mol. The van der Waals surface area contributed by atoms with E-state index in [4.69, 9.17) is 14.2 Å². The van der Waals surface area contributed by atoms with Crippen molar-refractivity contribution < 1.29 is 28.9 Å². The lowest BCUT2D eigenvalue weighted by molar-refractivity contribution is -0.162. The summed E-state index contributed by atoms with van der Waals surface area (Å²) >= 11 is 0. The highest BCUT2D eigenvalue weighted by Crippen LogP contribution is 2.57. The first-order valence-corrected chi connectivity index (χ1v) is 19.8. The SMILES string of the molecule is CCC1CN(C)C2Cc3c([nH]c4ccccc34)C(O)(c3cc4c5c([nH]c4cc3OC)C3(C(=O)OC)CC4CC(CC)C3N(CC5)C4)CC1C2C(=O)OC.